The molecule has 2 heteroatoms. The monoisotopic (exact) mass is 179 g/mol. The summed E-state index contributed by atoms with van der Waals surface area (Å²) < 4.78 is 0. The molecule has 1 aliphatic carbocycles. The van der Waals surface area contributed by atoms with Gasteiger partial charge in [-0.05, 0) is 32.6 Å². The fourth-order valence-electron chi connectivity index (χ4n) is 1.39. The molecule has 0 unspecified atom stereocenters. The molecule has 0 radical (unpaired) electrons. The van der Waals surface area contributed by atoms with Crippen molar-refractivity contribution in [3.8, 4) is 12.3 Å². The van der Waals surface area contributed by atoms with Crippen LogP contribution in [-0.2, 0) is 4.79 Å². The standard InChI is InChI=1S/C11H17NO/c1-4-11(2,3)12-10(13)8-9-6-5-7-9/h1,9H,5-8H2,2-3H3,(H,12,13). The van der Waals surface area contributed by atoms with Crippen molar-refractivity contribution in [1.82, 2.24) is 5.32 Å². The molecule has 0 bridgehead atoms. The van der Waals surface area contributed by atoms with Gasteiger partial charge in [-0.1, -0.05) is 12.3 Å². The minimum atomic E-state index is -0.499. The van der Waals surface area contributed by atoms with Crippen molar-refractivity contribution in [2.45, 2.75) is 45.1 Å². The summed E-state index contributed by atoms with van der Waals surface area (Å²) >= 11 is 0. The number of amides is 1. The van der Waals surface area contributed by atoms with Gasteiger partial charge < -0.3 is 5.32 Å². The summed E-state index contributed by atoms with van der Waals surface area (Å²) in [5, 5.41) is 2.83. The van der Waals surface area contributed by atoms with Gasteiger partial charge in [-0.3, -0.25) is 4.79 Å². The maximum absolute atomic E-state index is 11.4. The number of terminal acetylenes is 1. The van der Waals surface area contributed by atoms with E-state index in [9.17, 15) is 4.79 Å². The zero-order valence-corrected chi connectivity index (χ0v) is 8.39. The van der Waals surface area contributed by atoms with E-state index in [4.69, 9.17) is 6.42 Å². The van der Waals surface area contributed by atoms with Crippen LogP contribution >= 0.6 is 0 Å². The fraction of sp³-hybridized carbons (Fsp3) is 0.727. The van der Waals surface area contributed by atoms with E-state index in [-0.39, 0.29) is 5.91 Å². The Morgan fingerprint density at radius 2 is 2.23 bits per heavy atom. The Morgan fingerprint density at radius 3 is 2.62 bits per heavy atom. The highest BCUT2D eigenvalue weighted by molar-refractivity contribution is 5.77. The highest BCUT2D eigenvalue weighted by atomic mass is 16.1. The first kappa shape index (κ1) is 10.1. The first-order valence-corrected chi connectivity index (χ1v) is 4.82. The van der Waals surface area contributed by atoms with Crippen molar-refractivity contribution in [3.63, 3.8) is 0 Å². The highest BCUT2D eigenvalue weighted by Crippen LogP contribution is 2.29. The van der Waals surface area contributed by atoms with E-state index in [0.29, 0.717) is 12.3 Å². The van der Waals surface area contributed by atoms with Gasteiger partial charge in [-0.2, -0.15) is 0 Å². The molecule has 0 aromatic rings. The Morgan fingerprint density at radius 1 is 1.62 bits per heavy atom. The van der Waals surface area contributed by atoms with E-state index in [0.717, 1.165) is 0 Å². The molecule has 2 nitrogen and oxygen atoms in total. The molecule has 1 rings (SSSR count). The van der Waals surface area contributed by atoms with Crippen LogP contribution in [0, 0.1) is 18.3 Å². The fourth-order valence-corrected chi connectivity index (χ4v) is 1.39. The topological polar surface area (TPSA) is 29.1 Å². The molecule has 0 spiro atoms. The lowest BCUT2D eigenvalue weighted by Gasteiger charge is -2.26. The van der Waals surface area contributed by atoms with Gasteiger partial charge in [-0.15, -0.1) is 6.42 Å². The van der Waals surface area contributed by atoms with Crippen LogP contribution in [0.1, 0.15) is 39.5 Å². The lowest BCUT2D eigenvalue weighted by molar-refractivity contribution is -0.123. The van der Waals surface area contributed by atoms with Crippen molar-refractivity contribution >= 4 is 5.91 Å². The Bertz CT molecular complexity index is 233. The summed E-state index contributed by atoms with van der Waals surface area (Å²) in [5.74, 6) is 3.25. The van der Waals surface area contributed by atoms with Crippen molar-refractivity contribution in [1.29, 1.82) is 0 Å². The number of carbonyl (C=O) groups excluding carboxylic acids is 1. The second-order valence-electron chi connectivity index (χ2n) is 4.32. The SMILES string of the molecule is C#CC(C)(C)NC(=O)CC1CCC1. The summed E-state index contributed by atoms with van der Waals surface area (Å²) in [5.41, 5.74) is -0.499. The first-order chi connectivity index (χ1) is 6.03. The lowest BCUT2D eigenvalue weighted by atomic mass is 9.82. The van der Waals surface area contributed by atoms with Crippen molar-refractivity contribution < 1.29 is 4.79 Å². The maximum atomic E-state index is 11.4. The van der Waals surface area contributed by atoms with Crippen LogP contribution in [0.2, 0.25) is 0 Å². The van der Waals surface area contributed by atoms with Gasteiger partial charge in [0.25, 0.3) is 0 Å². The summed E-state index contributed by atoms with van der Waals surface area (Å²) in [4.78, 5) is 11.4. The van der Waals surface area contributed by atoms with Crippen LogP contribution in [0.5, 0.6) is 0 Å². The predicted molar refractivity (Wildman–Crippen MR) is 53.0 cm³/mol. The van der Waals surface area contributed by atoms with E-state index in [1.165, 1.54) is 19.3 Å². The highest BCUT2D eigenvalue weighted by Gasteiger charge is 2.23. The minimum absolute atomic E-state index is 0.0904. The molecular weight excluding hydrogens is 162 g/mol. The quantitative estimate of drug-likeness (QED) is 0.656. The van der Waals surface area contributed by atoms with Gasteiger partial charge in [-0.25, -0.2) is 0 Å². The van der Waals surface area contributed by atoms with Gasteiger partial charge in [0.1, 0.15) is 0 Å². The number of rotatable bonds is 3. The smallest absolute Gasteiger partial charge is 0.221 e. The molecule has 0 aromatic carbocycles. The molecule has 0 saturated heterocycles. The predicted octanol–water partition coefficient (Wildman–Crippen LogP) is 1.70. The van der Waals surface area contributed by atoms with Crippen LogP contribution in [-0.4, -0.2) is 11.4 Å². The molecule has 1 aliphatic rings. The summed E-state index contributed by atoms with van der Waals surface area (Å²) in [6.07, 6.45) is 9.58. The Kier molecular flexibility index (Phi) is 2.98. The van der Waals surface area contributed by atoms with E-state index < -0.39 is 5.54 Å². The number of hydrogen-bond donors (Lipinski definition) is 1. The van der Waals surface area contributed by atoms with Gasteiger partial charge >= 0.3 is 0 Å². The molecular formula is C11H17NO. The Labute approximate surface area is 80.1 Å². The lowest BCUT2D eigenvalue weighted by Crippen LogP contribution is -2.43. The normalized spacial score (nSPS) is 17.3. The molecule has 1 N–H and O–H groups in total. The zero-order valence-electron chi connectivity index (χ0n) is 8.39. The second-order valence-corrected chi connectivity index (χ2v) is 4.32. The average Bonchev–Trinajstić information content (AvgIpc) is 1.96. The second kappa shape index (κ2) is 3.83. The van der Waals surface area contributed by atoms with Gasteiger partial charge in [0.2, 0.25) is 5.91 Å². The largest absolute Gasteiger partial charge is 0.340 e. The number of hydrogen-bond acceptors (Lipinski definition) is 1. The zero-order chi connectivity index (χ0) is 9.90. The molecule has 0 aliphatic heterocycles. The third kappa shape index (κ3) is 3.10. The number of nitrogens with one attached hydrogen (secondary N) is 1. The van der Waals surface area contributed by atoms with Crippen LogP contribution in [0.4, 0.5) is 0 Å². The van der Waals surface area contributed by atoms with Crippen molar-refractivity contribution in [2.24, 2.45) is 5.92 Å². The van der Waals surface area contributed by atoms with Crippen LogP contribution in [0.25, 0.3) is 0 Å². The Hall–Kier alpha value is -0.970. The minimum Gasteiger partial charge on any atom is -0.340 e. The molecule has 0 aromatic heterocycles. The van der Waals surface area contributed by atoms with Crippen molar-refractivity contribution in [2.75, 3.05) is 0 Å². The van der Waals surface area contributed by atoms with Gasteiger partial charge in [0.05, 0.1) is 5.54 Å². The van der Waals surface area contributed by atoms with Crippen LogP contribution < -0.4 is 5.32 Å². The molecule has 13 heavy (non-hydrogen) atoms. The summed E-state index contributed by atoms with van der Waals surface area (Å²) in [7, 11) is 0. The van der Waals surface area contributed by atoms with E-state index >= 15 is 0 Å². The first-order valence-electron chi connectivity index (χ1n) is 4.82. The molecule has 1 saturated carbocycles. The molecule has 1 amide bonds. The molecule has 1 fully saturated rings. The number of carbonyl (C=O) groups is 1. The summed E-state index contributed by atoms with van der Waals surface area (Å²) in [6, 6.07) is 0. The van der Waals surface area contributed by atoms with E-state index in [1.54, 1.807) is 0 Å². The molecule has 0 heterocycles. The molecule has 72 valence electrons. The third-order valence-electron chi connectivity index (χ3n) is 2.51. The summed E-state index contributed by atoms with van der Waals surface area (Å²) in [6.45, 7) is 3.68. The Balaban J connectivity index is 2.28. The average molecular weight is 179 g/mol. The maximum Gasteiger partial charge on any atom is 0.221 e. The van der Waals surface area contributed by atoms with E-state index in [1.807, 2.05) is 13.8 Å². The van der Waals surface area contributed by atoms with E-state index in [2.05, 4.69) is 11.2 Å². The third-order valence-corrected chi connectivity index (χ3v) is 2.51. The van der Waals surface area contributed by atoms with Crippen molar-refractivity contribution in [3.05, 3.63) is 0 Å². The van der Waals surface area contributed by atoms with Crippen LogP contribution in [0.3, 0.4) is 0 Å². The van der Waals surface area contributed by atoms with Crippen LogP contribution in [0.15, 0.2) is 0 Å². The van der Waals surface area contributed by atoms with Gasteiger partial charge in [0, 0.05) is 6.42 Å². The van der Waals surface area contributed by atoms with Gasteiger partial charge in [0.15, 0.2) is 0 Å². The molecule has 0 atom stereocenters.